The van der Waals surface area contributed by atoms with Crippen molar-refractivity contribution < 1.29 is 8.42 Å². The quantitative estimate of drug-likeness (QED) is 0.808. The monoisotopic (exact) mass is 357 g/mol. The maximum absolute atomic E-state index is 12.2. The van der Waals surface area contributed by atoms with Gasteiger partial charge >= 0.3 is 0 Å². The first-order valence-corrected chi connectivity index (χ1v) is 8.78. The van der Waals surface area contributed by atoms with Crippen molar-refractivity contribution in [2.75, 3.05) is 10.1 Å². The smallest absolute Gasteiger partial charge is 0.265 e. The number of halogens is 1. The first-order valence-electron chi connectivity index (χ1n) is 6.17. The van der Waals surface area contributed by atoms with Crippen LogP contribution in [0.5, 0.6) is 0 Å². The summed E-state index contributed by atoms with van der Waals surface area (Å²) < 4.78 is 28.4. The fourth-order valence-electron chi connectivity index (χ4n) is 1.81. The van der Waals surface area contributed by atoms with Crippen LogP contribution in [0.4, 0.5) is 5.69 Å². The van der Waals surface area contributed by atoms with Gasteiger partial charge in [-0.2, -0.15) is 5.10 Å². The molecule has 1 aromatic heterocycles. The Kier molecular flexibility index (Phi) is 4.82. The minimum absolute atomic E-state index is 0.158. The number of aryl methyl sites for hydroxylation is 2. The van der Waals surface area contributed by atoms with Crippen molar-refractivity contribution in [1.82, 2.24) is 9.78 Å². The van der Waals surface area contributed by atoms with Gasteiger partial charge in [-0.05, 0) is 30.5 Å². The van der Waals surface area contributed by atoms with Gasteiger partial charge < -0.3 is 0 Å². The Balaban J connectivity index is 2.17. The fraction of sp³-hybridized carbons (Fsp3) is 0.308. The third-order valence-electron chi connectivity index (χ3n) is 2.77. The Labute approximate surface area is 127 Å². The lowest BCUT2D eigenvalue weighted by Crippen LogP contribution is -2.12. The molecule has 0 fully saturated rings. The summed E-state index contributed by atoms with van der Waals surface area (Å²) in [5.41, 5.74) is 1.68. The van der Waals surface area contributed by atoms with E-state index in [1.165, 1.54) is 17.1 Å². The molecule has 0 aliphatic carbocycles. The molecular weight excluding hydrogens is 342 g/mol. The highest BCUT2D eigenvalue weighted by Crippen LogP contribution is 2.17. The van der Waals surface area contributed by atoms with Gasteiger partial charge in [0, 0.05) is 24.3 Å². The largest absolute Gasteiger partial charge is 0.280 e. The predicted octanol–water partition coefficient (Wildman–Crippen LogP) is 2.55. The van der Waals surface area contributed by atoms with Crippen molar-refractivity contribution in [3.63, 3.8) is 0 Å². The lowest BCUT2D eigenvalue weighted by atomic mass is 10.1. The van der Waals surface area contributed by atoms with Gasteiger partial charge in [0.25, 0.3) is 10.0 Å². The molecule has 0 radical (unpaired) electrons. The Morgan fingerprint density at radius 3 is 2.85 bits per heavy atom. The molecule has 0 aliphatic heterocycles. The van der Waals surface area contributed by atoms with Crippen molar-refractivity contribution in [2.45, 2.75) is 17.7 Å². The Morgan fingerprint density at radius 2 is 2.20 bits per heavy atom. The van der Waals surface area contributed by atoms with Crippen LogP contribution in [0, 0.1) is 0 Å². The first kappa shape index (κ1) is 15.1. The summed E-state index contributed by atoms with van der Waals surface area (Å²) in [6.45, 7) is 0. The highest BCUT2D eigenvalue weighted by molar-refractivity contribution is 9.09. The molecular formula is C13H16BrN3O2S. The molecule has 0 amide bonds. The van der Waals surface area contributed by atoms with Gasteiger partial charge in [-0.15, -0.1) is 0 Å². The third-order valence-corrected chi connectivity index (χ3v) is 4.67. The number of aromatic nitrogens is 2. The molecule has 5 nitrogen and oxygen atoms in total. The van der Waals surface area contributed by atoms with E-state index in [2.05, 4.69) is 25.8 Å². The highest BCUT2D eigenvalue weighted by Gasteiger charge is 2.16. The maximum atomic E-state index is 12.2. The van der Waals surface area contributed by atoms with Crippen LogP contribution in [0.1, 0.15) is 12.0 Å². The Morgan fingerprint density at radius 1 is 1.40 bits per heavy atom. The number of nitrogens with zero attached hydrogens (tertiary/aromatic N) is 2. The molecule has 0 saturated heterocycles. The zero-order valence-corrected chi connectivity index (χ0v) is 13.5. The van der Waals surface area contributed by atoms with Gasteiger partial charge in [0.2, 0.25) is 0 Å². The van der Waals surface area contributed by atoms with E-state index in [0.29, 0.717) is 5.69 Å². The molecule has 108 valence electrons. The van der Waals surface area contributed by atoms with Crippen LogP contribution in [0.3, 0.4) is 0 Å². The normalized spacial score (nSPS) is 11.5. The number of anilines is 1. The molecule has 1 aromatic carbocycles. The minimum atomic E-state index is -3.57. The highest BCUT2D eigenvalue weighted by atomic mass is 79.9. The second-order valence-corrected chi connectivity index (χ2v) is 6.92. The number of hydrogen-bond donors (Lipinski definition) is 1. The summed E-state index contributed by atoms with van der Waals surface area (Å²) in [5, 5.41) is 4.80. The summed E-state index contributed by atoms with van der Waals surface area (Å²) >= 11 is 3.39. The van der Waals surface area contributed by atoms with Gasteiger partial charge in [-0.25, -0.2) is 8.42 Å². The molecule has 0 saturated carbocycles. The van der Waals surface area contributed by atoms with Crippen LogP contribution in [0.25, 0.3) is 0 Å². The second-order valence-electron chi connectivity index (χ2n) is 4.45. The second kappa shape index (κ2) is 6.41. The molecule has 0 atom stereocenters. The van der Waals surface area contributed by atoms with E-state index in [9.17, 15) is 8.42 Å². The van der Waals surface area contributed by atoms with Crippen molar-refractivity contribution in [2.24, 2.45) is 7.05 Å². The molecule has 2 rings (SSSR count). The average molecular weight is 358 g/mol. The molecule has 0 spiro atoms. The molecule has 1 N–H and O–H groups in total. The van der Waals surface area contributed by atoms with E-state index < -0.39 is 10.0 Å². The predicted molar refractivity (Wildman–Crippen MR) is 82.6 cm³/mol. The van der Waals surface area contributed by atoms with Gasteiger partial charge in [-0.3, -0.25) is 9.40 Å². The third kappa shape index (κ3) is 3.83. The number of hydrogen-bond acceptors (Lipinski definition) is 3. The Bertz CT molecular complexity index is 682. The SMILES string of the molecule is Cn1cc(S(=O)(=O)Nc2cccc(CCCBr)c2)cn1. The van der Waals surface area contributed by atoms with E-state index in [0.717, 1.165) is 23.7 Å². The number of rotatable bonds is 6. The van der Waals surface area contributed by atoms with Crippen molar-refractivity contribution in [3.05, 3.63) is 42.2 Å². The number of nitrogens with one attached hydrogen (secondary N) is 1. The summed E-state index contributed by atoms with van der Waals surface area (Å²) in [6.07, 6.45) is 4.72. The van der Waals surface area contributed by atoms with Crippen LogP contribution in [-0.4, -0.2) is 23.5 Å². The number of benzene rings is 1. The van der Waals surface area contributed by atoms with Crippen LogP contribution in [-0.2, 0) is 23.5 Å². The van der Waals surface area contributed by atoms with E-state index in [4.69, 9.17) is 0 Å². The van der Waals surface area contributed by atoms with Gasteiger partial charge in [0.1, 0.15) is 4.90 Å². The number of sulfonamides is 1. The van der Waals surface area contributed by atoms with Crippen LogP contribution >= 0.6 is 15.9 Å². The molecule has 1 heterocycles. The van der Waals surface area contributed by atoms with Gasteiger partial charge in [0.15, 0.2) is 0 Å². The first-order chi connectivity index (χ1) is 9.51. The van der Waals surface area contributed by atoms with Crippen molar-refractivity contribution in [1.29, 1.82) is 0 Å². The van der Waals surface area contributed by atoms with Crippen LogP contribution < -0.4 is 4.72 Å². The summed E-state index contributed by atoms with van der Waals surface area (Å²) in [4.78, 5) is 0.158. The van der Waals surface area contributed by atoms with Crippen LogP contribution in [0.2, 0.25) is 0 Å². The topological polar surface area (TPSA) is 64.0 Å². The van der Waals surface area contributed by atoms with Gasteiger partial charge in [0.05, 0.1) is 6.20 Å². The van der Waals surface area contributed by atoms with Crippen LogP contribution in [0.15, 0.2) is 41.6 Å². The van der Waals surface area contributed by atoms with Crippen molar-refractivity contribution >= 4 is 31.6 Å². The van der Waals surface area contributed by atoms with E-state index >= 15 is 0 Å². The molecule has 20 heavy (non-hydrogen) atoms. The molecule has 0 bridgehead atoms. The maximum Gasteiger partial charge on any atom is 0.265 e. The fourth-order valence-corrected chi connectivity index (χ4v) is 3.13. The Hall–Kier alpha value is -1.34. The lowest BCUT2D eigenvalue weighted by Gasteiger charge is -2.08. The zero-order valence-electron chi connectivity index (χ0n) is 11.1. The number of alkyl halides is 1. The van der Waals surface area contributed by atoms with E-state index in [1.807, 2.05) is 18.2 Å². The molecule has 0 aliphatic rings. The van der Waals surface area contributed by atoms with E-state index in [1.54, 1.807) is 13.1 Å². The molecule has 0 unspecified atom stereocenters. The molecule has 7 heteroatoms. The average Bonchev–Trinajstić information content (AvgIpc) is 2.84. The lowest BCUT2D eigenvalue weighted by molar-refractivity contribution is 0.601. The summed E-state index contributed by atoms with van der Waals surface area (Å²) in [6, 6.07) is 7.44. The standard InChI is InChI=1S/C13H16BrN3O2S/c1-17-10-13(9-15-17)20(18,19)16-12-6-2-4-11(8-12)5-3-7-14/h2,4,6,8-10,16H,3,5,7H2,1H3. The summed E-state index contributed by atoms with van der Waals surface area (Å²) in [7, 11) is -1.89. The molecule has 2 aromatic rings. The minimum Gasteiger partial charge on any atom is -0.280 e. The zero-order chi connectivity index (χ0) is 14.6. The van der Waals surface area contributed by atoms with E-state index in [-0.39, 0.29) is 4.90 Å². The summed E-state index contributed by atoms with van der Waals surface area (Å²) in [5.74, 6) is 0. The van der Waals surface area contributed by atoms with Crippen molar-refractivity contribution in [3.8, 4) is 0 Å². The van der Waals surface area contributed by atoms with Gasteiger partial charge in [-0.1, -0.05) is 28.1 Å².